The van der Waals surface area contributed by atoms with E-state index < -0.39 is 5.24 Å². The highest BCUT2D eigenvalue weighted by molar-refractivity contribution is 6.67. The van der Waals surface area contributed by atoms with E-state index in [0.29, 0.717) is 5.56 Å². The molecule has 0 bridgehead atoms. The molecule has 0 atom stereocenters. The fraction of sp³-hybridized carbons (Fsp3) is 0. The molecule has 1 aromatic rings. The molecular weight excluding hydrogens is 146 g/mol. The highest BCUT2D eigenvalue weighted by atomic mass is 35.5. The van der Waals surface area contributed by atoms with E-state index in [9.17, 15) is 4.79 Å². The van der Waals surface area contributed by atoms with Gasteiger partial charge in [0.05, 0.1) is 0 Å². The van der Waals surface area contributed by atoms with Gasteiger partial charge in [0, 0.05) is 5.56 Å². The molecule has 0 unspecified atom stereocenters. The Balaban J connectivity index is 3.00. The van der Waals surface area contributed by atoms with Gasteiger partial charge in [-0.25, -0.2) is 0 Å². The van der Waals surface area contributed by atoms with Crippen LogP contribution in [0.2, 0.25) is 0 Å². The molecule has 0 amide bonds. The molecule has 0 N–H and O–H groups in total. The summed E-state index contributed by atoms with van der Waals surface area (Å²) in [5.74, 6) is 0. The summed E-state index contributed by atoms with van der Waals surface area (Å²) in [6.45, 7) is 0. The van der Waals surface area contributed by atoms with E-state index in [-0.39, 0.29) is 0 Å². The van der Waals surface area contributed by atoms with Crippen LogP contribution in [0.1, 0.15) is 10.4 Å². The second kappa shape index (κ2) is 2.89. The second-order valence-electron chi connectivity index (χ2n) is 2.14. The largest absolute Gasteiger partial charge is 0.276 e. The fourth-order valence-corrected chi connectivity index (χ4v) is 0.811. The molecule has 10 heavy (non-hydrogen) atoms. The number of hydrogen-bond acceptors (Lipinski definition) is 1. The molecule has 0 aliphatic carbocycles. The van der Waals surface area contributed by atoms with Gasteiger partial charge in [-0.1, -0.05) is 29.7 Å². The molecule has 0 spiro atoms. The Hall–Kier alpha value is -0.755. The lowest BCUT2D eigenvalue weighted by Gasteiger charge is -1.92. The van der Waals surface area contributed by atoms with Crippen molar-refractivity contribution in [1.82, 2.24) is 0 Å². The van der Waals surface area contributed by atoms with Crippen LogP contribution in [0.4, 0.5) is 0 Å². The molecule has 1 rings (SSSR count). The van der Waals surface area contributed by atoms with Gasteiger partial charge in [0.15, 0.2) is 0 Å². The van der Waals surface area contributed by atoms with Crippen LogP contribution in [0.5, 0.6) is 0 Å². The van der Waals surface area contributed by atoms with Crippen molar-refractivity contribution < 1.29 is 4.79 Å². The van der Waals surface area contributed by atoms with Crippen LogP contribution < -0.4 is 5.46 Å². The molecule has 0 aromatic heterocycles. The predicted molar refractivity (Wildman–Crippen MR) is 44.8 cm³/mol. The molecule has 3 heteroatoms. The standard InChI is InChI=1S/C7H6BClO/c8-6-3-1-5(2-4-6)7(9)10/h1-4H,8H2. The Morgan fingerprint density at radius 1 is 1.30 bits per heavy atom. The van der Waals surface area contributed by atoms with Crippen LogP contribution in [0.3, 0.4) is 0 Å². The van der Waals surface area contributed by atoms with Crippen LogP contribution in [0, 0.1) is 0 Å². The van der Waals surface area contributed by atoms with E-state index in [1.807, 2.05) is 20.0 Å². The SMILES string of the molecule is Bc1ccc(C(=O)Cl)cc1. The third-order valence-electron chi connectivity index (χ3n) is 1.28. The summed E-state index contributed by atoms with van der Waals surface area (Å²) in [6.07, 6.45) is 0. The highest BCUT2D eigenvalue weighted by Gasteiger charge is 1.97. The first-order chi connectivity index (χ1) is 4.70. The first-order valence-electron chi connectivity index (χ1n) is 2.96. The van der Waals surface area contributed by atoms with Crippen molar-refractivity contribution in [2.45, 2.75) is 0 Å². The molecule has 1 nitrogen and oxygen atoms in total. The molecular formula is C7H6BClO. The third-order valence-corrected chi connectivity index (χ3v) is 1.50. The molecule has 0 aliphatic rings. The minimum absolute atomic E-state index is 0.403. The van der Waals surface area contributed by atoms with Gasteiger partial charge in [-0.2, -0.15) is 0 Å². The average Bonchev–Trinajstić information content (AvgIpc) is 1.88. The van der Waals surface area contributed by atoms with Gasteiger partial charge in [-0.15, -0.1) is 0 Å². The highest BCUT2D eigenvalue weighted by Crippen LogP contribution is 2.00. The summed E-state index contributed by atoms with van der Waals surface area (Å²) >= 11 is 5.22. The van der Waals surface area contributed by atoms with E-state index in [4.69, 9.17) is 11.6 Å². The normalized spacial score (nSPS) is 9.30. The van der Waals surface area contributed by atoms with Crippen molar-refractivity contribution >= 4 is 30.2 Å². The van der Waals surface area contributed by atoms with Gasteiger partial charge in [0.2, 0.25) is 0 Å². The summed E-state index contributed by atoms with van der Waals surface area (Å²) in [5, 5.41) is -0.403. The molecule has 0 saturated carbocycles. The van der Waals surface area contributed by atoms with Gasteiger partial charge in [0.25, 0.3) is 5.24 Å². The van der Waals surface area contributed by atoms with Crippen LogP contribution in [-0.2, 0) is 0 Å². The van der Waals surface area contributed by atoms with Crippen LogP contribution in [-0.4, -0.2) is 13.1 Å². The number of benzene rings is 1. The van der Waals surface area contributed by atoms with Crippen molar-refractivity contribution in [2.24, 2.45) is 0 Å². The quantitative estimate of drug-likeness (QED) is 0.418. The summed E-state index contributed by atoms with van der Waals surface area (Å²) in [6, 6.07) is 7.14. The summed E-state index contributed by atoms with van der Waals surface area (Å²) < 4.78 is 0. The zero-order valence-electron chi connectivity index (χ0n) is 5.60. The van der Waals surface area contributed by atoms with Crippen LogP contribution >= 0.6 is 11.6 Å². The number of halogens is 1. The van der Waals surface area contributed by atoms with Crippen molar-refractivity contribution in [2.75, 3.05) is 0 Å². The molecule has 0 saturated heterocycles. The van der Waals surface area contributed by atoms with Crippen LogP contribution in [0.15, 0.2) is 24.3 Å². The molecule has 0 radical (unpaired) electrons. The van der Waals surface area contributed by atoms with Gasteiger partial charge >= 0.3 is 0 Å². The van der Waals surface area contributed by atoms with Crippen molar-refractivity contribution in [1.29, 1.82) is 0 Å². The lowest BCUT2D eigenvalue weighted by atomic mass is 9.96. The summed E-state index contributed by atoms with van der Waals surface area (Å²) in [5.41, 5.74) is 1.67. The van der Waals surface area contributed by atoms with Gasteiger partial charge in [-0.05, 0) is 11.6 Å². The molecule has 0 aliphatic heterocycles. The zero-order chi connectivity index (χ0) is 7.56. The van der Waals surface area contributed by atoms with Crippen molar-refractivity contribution in [3.05, 3.63) is 29.8 Å². The Morgan fingerprint density at radius 2 is 1.80 bits per heavy atom. The lowest BCUT2D eigenvalue weighted by Crippen LogP contribution is -2.01. The molecule has 1 aromatic carbocycles. The third kappa shape index (κ3) is 1.61. The molecule has 0 heterocycles. The Labute approximate surface area is 65.4 Å². The number of carbonyl (C=O) groups is 1. The molecule has 0 fully saturated rings. The first kappa shape index (κ1) is 7.35. The Morgan fingerprint density at radius 3 is 2.20 bits per heavy atom. The monoisotopic (exact) mass is 152 g/mol. The van der Waals surface area contributed by atoms with E-state index in [1.165, 1.54) is 0 Å². The van der Waals surface area contributed by atoms with E-state index in [1.54, 1.807) is 12.1 Å². The van der Waals surface area contributed by atoms with E-state index in [2.05, 4.69) is 0 Å². The zero-order valence-corrected chi connectivity index (χ0v) is 6.35. The van der Waals surface area contributed by atoms with Gasteiger partial charge in [0.1, 0.15) is 7.85 Å². The second-order valence-corrected chi connectivity index (χ2v) is 2.48. The van der Waals surface area contributed by atoms with Gasteiger partial charge < -0.3 is 0 Å². The Kier molecular flexibility index (Phi) is 2.12. The first-order valence-corrected chi connectivity index (χ1v) is 3.34. The lowest BCUT2D eigenvalue weighted by molar-refractivity contribution is 0.108. The fourth-order valence-electron chi connectivity index (χ4n) is 0.685. The van der Waals surface area contributed by atoms with Crippen molar-refractivity contribution in [3.8, 4) is 0 Å². The van der Waals surface area contributed by atoms with E-state index in [0.717, 1.165) is 5.46 Å². The summed E-state index contributed by atoms with van der Waals surface area (Å²) in [4.78, 5) is 10.5. The van der Waals surface area contributed by atoms with E-state index >= 15 is 0 Å². The number of carbonyl (C=O) groups excluding carboxylic acids is 1. The smallest absolute Gasteiger partial charge is 0.252 e. The Bertz CT molecular complexity index is 242. The average molecular weight is 152 g/mol. The maximum Gasteiger partial charge on any atom is 0.252 e. The minimum atomic E-state index is -0.403. The number of rotatable bonds is 1. The molecule has 50 valence electrons. The van der Waals surface area contributed by atoms with Gasteiger partial charge in [-0.3, -0.25) is 4.79 Å². The van der Waals surface area contributed by atoms with Crippen molar-refractivity contribution in [3.63, 3.8) is 0 Å². The van der Waals surface area contributed by atoms with Crippen LogP contribution in [0.25, 0.3) is 0 Å². The topological polar surface area (TPSA) is 17.1 Å². The predicted octanol–water partition coefficient (Wildman–Crippen LogP) is 0.324. The number of hydrogen-bond donors (Lipinski definition) is 0. The summed E-state index contributed by atoms with van der Waals surface area (Å²) in [7, 11) is 1.96. The minimum Gasteiger partial charge on any atom is -0.276 e. The maximum atomic E-state index is 10.5. The maximum absolute atomic E-state index is 10.5.